The van der Waals surface area contributed by atoms with Crippen LogP contribution >= 0.6 is 0 Å². The van der Waals surface area contributed by atoms with E-state index in [0.717, 1.165) is 19.6 Å². The van der Waals surface area contributed by atoms with Gasteiger partial charge in [-0.3, -0.25) is 0 Å². The van der Waals surface area contributed by atoms with Crippen LogP contribution in [0.25, 0.3) is 0 Å². The van der Waals surface area contributed by atoms with Gasteiger partial charge in [-0.1, -0.05) is 32.3 Å². The Bertz CT molecular complexity index is 568. The van der Waals surface area contributed by atoms with E-state index >= 15 is 0 Å². The summed E-state index contributed by atoms with van der Waals surface area (Å²) in [5, 5.41) is 13.9. The number of rotatable bonds is 7. The van der Waals surface area contributed by atoms with Crippen LogP contribution in [0.15, 0.2) is 18.2 Å². The molecule has 2 N–H and O–H groups in total. The van der Waals surface area contributed by atoms with Crippen molar-refractivity contribution in [2.24, 2.45) is 5.92 Å². The number of benzene rings is 1. The molecule has 1 aromatic carbocycles. The summed E-state index contributed by atoms with van der Waals surface area (Å²) in [5.74, 6) is 1.06. The van der Waals surface area contributed by atoms with Crippen molar-refractivity contribution in [2.75, 3.05) is 33.5 Å². The fraction of sp³-hybridized carbons (Fsp3) is 0.714. The molecule has 0 saturated heterocycles. The van der Waals surface area contributed by atoms with E-state index in [1.807, 2.05) is 12.1 Å². The van der Waals surface area contributed by atoms with Crippen molar-refractivity contribution in [1.29, 1.82) is 0 Å². The van der Waals surface area contributed by atoms with Gasteiger partial charge in [-0.2, -0.15) is 0 Å². The molecule has 1 saturated carbocycles. The van der Waals surface area contributed by atoms with Crippen LogP contribution in [0.4, 0.5) is 0 Å². The first-order chi connectivity index (χ1) is 12.1. The molecule has 1 aromatic rings. The van der Waals surface area contributed by atoms with Gasteiger partial charge in [-0.15, -0.1) is 0 Å². The Kier molecular flexibility index (Phi) is 9.02. The Hall–Kier alpha value is 0.00390. The molecule has 0 heterocycles. The fourth-order valence-corrected chi connectivity index (χ4v) is 4.92. The monoisotopic (exact) mass is 436 g/mol. The predicted octanol–water partition coefficient (Wildman–Crippen LogP) is 3.41. The van der Waals surface area contributed by atoms with Crippen LogP contribution in [-0.2, 0) is 54.0 Å². The van der Waals surface area contributed by atoms with Gasteiger partial charge in [0.15, 0.2) is 0 Å². The molecule has 1 radical (unpaired) electrons. The van der Waals surface area contributed by atoms with E-state index in [4.69, 9.17) is 9.47 Å². The van der Waals surface area contributed by atoms with Gasteiger partial charge in [-0.05, 0) is 48.4 Å². The van der Waals surface area contributed by atoms with Gasteiger partial charge in [0.25, 0.3) is 0 Å². The van der Waals surface area contributed by atoms with Crippen molar-refractivity contribution in [3.63, 3.8) is 0 Å². The summed E-state index contributed by atoms with van der Waals surface area (Å²) in [4.78, 5) is 0. The summed E-state index contributed by atoms with van der Waals surface area (Å²) >= 11 is 0. The number of nitrogens with one attached hydrogen (secondary N) is 1. The summed E-state index contributed by atoms with van der Waals surface area (Å²) < 4.78 is 10.7. The molecule has 1 fully saturated rings. The number of hydrogen-bond acceptors (Lipinski definition) is 4. The minimum Gasteiger partial charge on any atom is -0.508 e. The van der Waals surface area contributed by atoms with Crippen LogP contribution < -0.4 is 5.32 Å². The largest absolute Gasteiger partial charge is 0.508 e. The summed E-state index contributed by atoms with van der Waals surface area (Å²) in [6, 6.07) is 6.45. The number of phenols is 1. The zero-order valence-corrected chi connectivity index (χ0v) is 19.1. The smallest absolute Gasteiger partial charge is 0.115 e. The topological polar surface area (TPSA) is 50.7 Å². The second-order valence-corrected chi connectivity index (χ2v) is 7.86. The minimum atomic E-state index is 0. The first-order valence-electron chi connectivity index (χ1n) is 9.77. The van der Waals surface area contributed by atoms with Gasteiger partial charge in [0, 0.05) is 57.8 Å². The maximum Gasteiger partial charge on any atom is 0.115 e. The van der Waals surface area contributed by atoms with E-state index in [1.165, 1.54) is 43.2 Å². The van der Waals surface area contributed by atoms with Gasteiger partial charge < -0.3 is 19.9 Å². The standard InChI is InChI=1S/C21H33NO3.Y/c1-21-9-5-3-4-6-17(14-16-7-8-18(23)15-19(16)21)20(21)22-10-11-25-13-12-24-2;/h7-8,15,17,20,22-23H,3-6,9-14H2,1-2H3;/t17-,20-,21+;/m0./s1. The zero-order valence-electron chi connectivity index (χ0n) is 16.3. The molecule has 4 nitrogen and oxygen atoms in total. The fourth-order valence-electron chi connectivity index (χ4n) is 4.92. The van der Waals surface area contributed by atoms with Crippen LogP contribution in [0.1, 0.15) is 50.2 Å². The molecule has 0 unspecified atom stereocenters. The number of fused-ring (bicyclic) bond motifs is 4. The quantitative estimate of drug-likeness (QED) is 0.644. The van der Waals surface area contributed by atoms with E-state index in [9.17, 15) is 5.11 Å². The van der Waals surface area contributed by atoms with E-state index in [-0.39, 0.29) is 38.1 Å². The van der Waals surface area contributed by atoms with E-state index in [1.54, 1.807) is 7.11 Å². The molecule has 2 aliphatic rings. The summed E-state index contributed by atoms with van der Waals surface area (Å²) in [7, 11) is 1.70. The third kappa shape index (κ3) is 5.08. The average Bonchev–Trinajstić information content (AvgIpc) is 2.59. The number of aromatic hydroxyl groups is 1. The molecule has 3 atom stereocenters. The normalized spacial score (nSPS) is 27.8. The van der Waals surface area contributed by atoms with Crippen LogP contribution in [0.3, 0.4) is 0 Å². The maximum atomic E-state index is 10.1. The number of hydrogen-bond donors (Lipinski definition) is 2. The van der Waals surface area contributed by atoms with Crippen LogP contribution in [0, 0.1) is 5.92 Å². The number of phenolic OH excluding ortho intramolecular Hbond substituents is 1. The average molecular weight is 436 g/mol. The third-order valence-electron chi connectivity index (χ3n) is 6.16. The Morgan fingerprint density at radius 3 is 2.85 bits per heavy atom. The summed E-state index contributed by atoms with van der Waals surface area (Å²) in [5.41, 5.74) is 2.87. The zero-order chi connectivity index (χ0) is 17.7. The molecule has 143 valence electrons. The predicted molar refractivity (Wildman–Crippen MR) is 100 cm³/mol. The van der Waals surface area contributed by atoms with E-state index < -0.39 is 0 Å². The summed E-state index contributed by atoms with van der Waals surface area (Å²) in [6.45, 7) is 5.28. The first kappa shape index (κ1) is 22.3. The van der Waals surface area contributed by atoms with Crippen molar-refractivity contribution in [3.8, 4) is 5.75 Å². The molecular weight excluding hydrogens is 403 g/mol. The van der Waals surface area contributed by atoms with Gasteiger partial charge in [0.1, 0.15) is 5.75 Å². The third-order valence-corrected chi connectivity index (χ3v) is 6.16. The molecule has 0 aliphatic heterocycles. The second-order valence-electron chi connectivity index (χ2n) is 7.86. The molecule has 2 aliphatic carbocycles. The minimum absolute atomic E-state index is 0. The van der Waals surface area contributed by atoms with Crippen molar-refractivity contribution in [2.45, 2.75) is 56.9 Å². The molecule has 0 aromatic heterocycles. The van der Waals surface area contributed by atoms with Crippen molar-refractivity contribution < 1.29 is 47.3 Å². The summed E-state index contributed by atoms with van der Waals surface area (Å²) in [6.07, 6.45) is 7.51. The Morgan fingerprint density at radius 1 is 1.19 bits per heavy atom. The second kappa shape index (κ2) is 10.5. The van der Waals surface area contributed by atoms with Gasteiger partial charge in [-0.25, -0.2) is 0 Å². The first-order valence-corrected chi connectivity index (χ1v) is 9.77. The van der Waals surface area contributed by atoms with Gasteiger partial charge in [0.05, 0.1) is 19.8 Å². The van der Waals surface area contributed by atoms with Crippen LogP contribution in [0.2, 0.25) is 0 Å². The Balaban J connectivity index is 0.00000243. The molecule has 3 rings (SSSR count). The maximum absolute atomic E-state index is 10.1. The van der Waals surface area contributed by atoms with Gasteiger partial charge >= 0.3 is 0 Å². The van der Waals surface area contributed by atoms with Crippen LogP contribution in [0.5, 0.6) is 5.75 Å². The van der Waals surface area contributed by atoms with Crippen molar-refractivity contribution >= 4 is 0 Å². The molecular formula is C21H33NO3Y. The molecule has 5 heteroatoms. The van der Waals surface area contributed by atoms with Crippen molar-refractivity contribution in [3.05, 3.63) is 29.3 Å². The molecule has 0 amide bonds. The van der Waals surface area contributed by atoms with Crippen molar-refractivity contribution in [1.82, 2.24) is 5.32 Å². The molecule has 2 bridgehead atoms. The molecule has 26 heavy (non-hydrogen) atoms. The van der Waals surface area contributed by atoms with Crippen LogP contribution in [-0.4, -0.2) is 44.6 Å². The van der Waals surface area contributed by atoms with E-state index in [2.05, 4.69) is 18.3 Å². The Labute approximate surface area is 183 Å². The molecule has 0 spiro atoms. The number of ether oxygens (including phenoxy) is 2. The Morgan fingerprint density at radius 2 is 2.04 bits per heavy atom. The SMILES string of the molecule is COCCOCCN[C@H]1[C@H]2CCCCC[C@]1(C)c1cc(O)ccc1C2.[Y]. The number of methoxy groups -OCH3 is 1. The van der Waals surface area contributed by atoms with E-state index in [0.29, 0.717) is 30.9 Å². The van der Waals surface area contributed by atoms with Gasteiger partial charge in [0.2, 0.25) is 0 Å².